The number of nitrogen functional groups attached to an aromatic ring is 1. The summed E-state index contributed by atoms with van der Waals surface area (Å²) in [6.45, 7) is 4.80. The first kappa shape index (κ1) is 20.6. The Morgan fingerprint density at radius 3 is 2.52 bits per heavy atom. The molecule has 0 saturated carbocycles. The van der Waals surface area contributed by atoms with Gasteiger partial charge in [0.25, 0.3) is 0 Å². The van der Waals surface area contributed by atoms with Crippen LogP contribution < -0.4 is 20.5 Å². The minimum absolute atomic E-state index is 0.0360. The molecule has 3 N–H and O–H groups in total. The lowest BCUT2D eigenvalue weighted by molar-refractivity contribution is -0.121. The molecule has 0 heterocycles. The van der Waals surface area contributed by atoms with Crippen molar-refractivity contribution in [2.24, 2.45) is 0 Å². The van der Waals surface area contributed by atoms with E-state index in [0.29, 0.717) is 24.5 Å². The molecule has 0 fully saturated rings. The number of nitrogens with two attached hydrogens (primary N) is 1. The third-order valence-corrected chi connectivity index (χ3v) is 4.42. The maximum Gasteiger partial charge on any atom is 0.224 e. The molecule has 1 amide bonds. The van der Waals surface area contributed by atoms with E-state index in [1.54, 1.807) is 19.2 Å². The van der Waals surface area contributed by atoms with E-state index < -0.39 is 0 Å². The number of methoxy groups -OCH3 is 1. The second-order valence-electron chi connectivity index (χ2n) is 6.67. The second-order valence-corrected chi connectivity index (χ2v) is 6.67. The van der Waals surface area contributed by atoms with Gasteiger partial charge in [-0.25, -0.2) is 0 Å². The van der Waals surface area contributed by atoms with Crippen LogP contribution in [0.15, 0.2) is 42.5 Å². The molecule has 2 aromatic rings. The number of ether oxygens (including phenoxy) is 2. The molecule has 1 atom stereocenters. The van der Waals surface area contributed by atoms with Crippen LogP contribution in [-0.2, 0) is 11.2 Å². The first-order chi connectivity index (χ1) is 13.0. The van der Waals surface area contributed by atoms with Crippen LogP contribution in [-0.4, -0.2) is 19.6 Å². The zero-order valence-corrected chi connectivity index (χ0v) is 16.5. The van der Waals surface area contributed by atoms with Crippen LogP contribution in [0, 0.1) is 0 Å². The van der Waals surface area contributed by atoms with Crippen molar-refractivity contribution < 1.29 is 14.3 Å². The van der Waals surface area contributed by atoms with Gasteiger partial charge in [0.2, 0.25) is 5.91 Å². The summed E-state index contributed by atoms with van der Waals surface area (Å²) in [6, 6.07) is 13.0. The minimum Gasteiger partial charge on any atom is -0.493 e. The second kappa shape index (κ2) is 10.5. The molecule has 0 aliphatic heterocycles. The van der Waals surface area contributed by atoms with Crippen molar-refractivity contribution in [3.63, 3.8) is 0 Å². The molecule has 2 aromatic carbocycles. The highest BCUT2D eigenvalue weighted by atomic mass is 16.5. The van der Waals surface area contributed by atoms with Crippen molar-refractivity contribution in [1.82, 2.24) is 5.32 Å². The molecule has 5 heteroatoms. The first-order valence-electron chi connectivity index (χ1n) is 9.48. The quantitative estimate of drug-likeness (QED) is 0.484. The largest absolute Gasteiger partial charge is 0.493 e. The number of anilines is 1. The van der Waals surface area contributed by atoms with E-state index in [0.717, 1.165) is 36.1 Å². The molecule has 27 heavy (non-hydrogen) atoms. The summed E-state index contributed by atoms with van der Waals surface area (Å²) in [5, 5.41) is 3.02. The zero-order chi connectivity index (χ0) is 19.6. The average Bonchev–Trinajstić information content (AvgIpc) is 2.67. The Balaban J connectivity index is 1.95. The van der Waals surface area contributed by atoms with E-state index in [4.69, 9.17) is 15.2 Å². The zero-order valence-electron chi connectivity index (χ0n) is 16.5. The highest BCUT2D eigenvalue weighted by Crippen LogP contribution is 2.30. The van der Waals surface area contributed by atoms with Gasteiger partial charge in [-0.15, -0.1) is 0 Å². The Morgan fingerprint density at radius 2 is 1.85 bits per heavy atom. The lowest BCUT2D eigenvalue weighted by Gasteiger charge is -2.17. The van der Waals surface area contributed by atoms with E-state index in [1.807, 2.05) is 37.3 Å². The number of rotatable bonds is 10. The molecule has 0 radical (unpaired) electrons. The predicted octanol–water partition coefficient (Wildman–Crippen LogP) is 4.27. The minimum atomic E-state index is -0.130. The van der Waals surface area contributed by atoms with E-state index in [9.17, 15) is 4.79 Å². The van der Waals surface area contributed by atoms with Gasteiger partial charge < -0.3 is 20.5 Å². The molecule has 2 rings (SSSR count). The molecule has 0 aliphatic rings. The Kier molecular flexibility index (Phi) is 7.99. The van der Waals surface area contributed by atoms with Crippen LogP contribution in [0.1, 0.15) is 50.3 Å². The molecule has 0 spiro atoms. The van der Waals surface area contributed by atoms with Gasteiger partial charge in [0, 0.05) is 5.69 Å². The molecule has 1 unspecified atom stereocenters. The van der Waals surface area contributed by atoms with Gasteiger partial charge in [0.05, 0.1) is 26.2 Å². The molecule has 0 aliphatic carbocycles. The SMILES string of the molecule is CCCCCOc1ccc(C(C)NC(=O)Cc2ccc(N)cc2)cc1OC. The molecular weight excluding hydrogens is 340 g/mol. The van der Waals surface area contributed by atoms with E-state index in [-0.39, 0.29) is 11.9 Å². The lowest BCUT2D eigenvalue weighted by Crippen LogP contribution is -2.28. The van der Waals surface area contributed by atoms with Crippen molar-refractivity contribution >= 4 is 11.6 Å². The maximum absolute atomic E-state index is 12.3. The Labute approximate surface area is 161 Å². The fraction of sp³-hybridized carbons (Fsp3) is 0.409. The maximum atomic E-state index is 12.3. The van der Waals surface area contributed by atoms with E-state index in [1.165, 1.54) is 0 Å². The summed E-state index contributed by atoms with van der Waals surface area (Å²) in [7, 11) is 1.63. The fourth-order valence-electron chi connectivity index (χ4n) is 2.80. The summed E-state index contributed by atoms with van der Waals surface area (Å²) in [5.74, 6) is 1.38. The molecule has 0 bridgehead atoms. The van der Waals surface area contributed by atoms with Gasteiger partial charge in [-0.05, 0) is 48.7 Å². The molecule has 5 nitrogen and oxygen atoms in total. The van der Waals surface area contributed by atoms with Crippen LogP contribution in [0.2, 0.25) is 0 Å². The predicted molar refractivity (Wildman–Crippen MR) is 109 cm³/mol. The summed E-state index contributed by atoms with van der Waals surface area (Å²) in [5.41, 5.74) is 8.27. The number of carbonyl (C=O) groups is 1. The van der Waals surface area contributed by atoms with E-state index >= 15 is 0 Å². The number of nitrogens with one attached hydrogen (secondary N) is 1. The lowest BCUT2D eigenvalue weighted by atomic mass is 10.1. The highest BCUT2D eigenvalue weighted by molar-refractivity contribution is 5.79. The standard InChI is InChI=1S/C22H30N2O3/c1-4-5-6-13-27-20-12-9-18(15-21(20)26-3)16(2)24-22(25)14-17-7-10-19(23)11-8-17/h7-12,15-16H,4-6,13-14,23H2,1-3H3,(H,24,25). The topological polar surface area (TPSA) is 73.6 Å². The normalized spacial score (nSPS) is 11.7. The van der Waals surface area contributed by atoms with Crippen LogP contribution in [0.3, 0.4) is 0 Å². The number of unbranched alkanes of at least 4 members (excludes halogenated alkanes) is 2. The van der Waals surface area contributed by atoms with Crippen LogP contribution in [0.25, 0.3) is 0 Å². The Hall–Kier alpha value is -2.69. The fourth-order valence-corrected chi connectivity index (χ4v) is 2.80. The van der Waals surface area contributed by atoms with Gasteiger partial charge in [-0.3, -0.25) is 4.79 Å². The summed E-state index contributed by atoms with van der Waals surface area (Å²) < 4.78 is 11.3. The van der Waals surface area contributed by atoms with Crippen molar-refractivity contribution in [3.05, 3.63) is 53.6 Å². The van der Waals surface area contributed by atoms with Crippen LogP contribution in [0.4, 0.5) is 5.69 Å². The van der Waals surface area contributed by atoms with E-state index in [2.05, 4.69) is 12.2 Å². The summed E-state index contributed by atoms with van der Waals surface area (Å²) in [6.07, 6.45) is 3.66. The summed E-state index contributed by atoms with van der Waals surface area (Å²) >= 11 is 0. The summed E-state index contributed by atoms with van der Waals surface area (Å²) in [4.78, 5) is 12.3. The number of amides is 1. The molecular formula is C22H30N2O3. The first-order valence-corrected chi connectivity index (χ1v) is 9.48. The Morgan fingerprint density at radius 1 is 1.11 bits per heavy atom. The van der Waals surface area contributed by atoms with Gasteiger partial charge in [-0.2, -0.15) is 0 Å². The molecule has 146 valence electrons. The third kappa shape index (κ3) is 6.51. The smallest absolute Gasteiger partial charge is 0.224 e. The monoisotopic (exact) mass is 370 g/mol. The van der Waals surface area contributed by atoms with Gasteiger partial charge >= 0.3 is 0 Å². The van der Waals surface area contributed by atoms with Crippen molar-refractivity contribution in [3.8, 4) is 11.5 Å². The number of benzene rings is 2. The molecule has 0 saturated heterocycles. The van der Waals surface area contributed by atoms with Gasteiger partial charge in [-0.1, -0.05) is 38.0 Å². The van der Waals surface area contributed by atoms with Crippen molar-refractivity contribution in [1.29, 1.82) is 0 Å². The number of hydrogen-bond acceptors (Lipinski definition) is 4. The van der Waals surface area contributed by atoms with Crippen LogP contribution in [0.5, 0.6) is 11.5 Å². The Bertz CT molecular complexity index is 729. The number of carbonyl (C=O) groups excluding carboxylic acids is 1. The highest BCUT2D eigenvalue weighted by Gasteiger charge is 2.13. The van der Waals surface area contributed by atoms with Crippen LogP contribution >= 0.6 is 0 Å². The van der Waals surface area contributed by atoms with Crippen molar-refractivity contribution in [2.75, 3.05) is 19.5 Å². The number of hydrogen-bond donors (Lipinski definition) is 2. The van der Waals surface area contributed by atoms with Crippen molar-refractivity contribution in [2.45, 2.75) is 45.6 Å². The average molecular weight is 370 g/mol. The molecule has 0 aromatic heterocycles. The third-order valence-electron chi connectivity index (χ3n) is 4.42. The van der Waals surface area contributed by atoms with Gasteiger partial charge in [0.1, 0.15) is 0 Å². The van der Waals surface area contributed by atoms with Gasteiger partial charge in [0.15, 0.2) is 11.5 Å².